The first-order valence-electron chi connectivity index (χ1n) is 9.97. The van der Waals surface area contributed by atoms with Crippen LogP contribution in [0.5, 0.6) is 0 Å². The van der Waals surface area contributed by atoms with Crippen LogP contribution in [0.25, 0.3) is 5.57 Å². The van der Waals surface area contributed by atoms with E-state index < -0.39 is 0 Å². The minimum absolute atomic E-state index is 0.0844. The van der Waals surface area contributed by atoms with E-state index >= 15 is 0 Å². The number of anilines is 2. The van der Waals surface area contributed by atoms with Crippen molar-refractivity contribution in [2.45, 2.75) is 6.42 Å². The summed E-state index contributed by atoms with van der Waals surface area (Å²) in [6.45, 7) is 6.87. The second-order valence-electron chi connectivity index (χ2n) is 7.02. The van der Waals surface area contributed by atoms with Crippen molar-refractivity contribution in [1.29, 1.82) is 0 Å². The number of aliphatic hydroxyl groups excluding tert-OH is 1. The van der Waals surface area contributed by atoms with Gasteiger partial charge in [-0.1, -0.05) is 36.9 Å². The van der Waals surface area contributed by atoms with Gasteiger partial charge in [0.2, 0.25) is 5.95 Å². The molecule has 7 heteroatoms. The normalized spacial score (nSPS) is 16.7. The van der Waals surface area contributed by atoms with Crippen LogP contribution in [0.1, 0.15) is 21.6 Å². The zero-order valence-corrected chi connectivity index (χ0v) is 16.7. The van der Waals surface area contributed by atoms with Crippen LogP contribution >= 0.6 is 0 Å². The molecule has 1 amide bonds. The number of morpholine rings is 1. The van der Waals surface area contributed by atoms with Gasteiger partial charge in [-0.2, -0.15) is 4.98 Å². The van der Waals surface area contributed by atoms with E-state index in [1.807, 2.05) is 30.3 Å². The molecule has 1 aromatic carbocycles. The van der Waals surface area contributed by atoms with Crippen molar-refractivity contribution in [3.8, 4) is 0 Å². The summed E-state index contributed by atoms with van der Waals surface area (Å²) in [6.07, 6.45) is 6.65. The average Bonchev–Trinajstić information content (AvgIpc) is 3.23. The summed E-state index contributed by atoms with van der Waals surface area (Å²) < 4.78 is 5.46. The summed E-state index contributed by atoms with van der Waals surface area (Å²) in [5.74, 6) is 1.09. The van der Waals surface area contributed by atoms with Crippen molar-refractivity contribution in [3.63, 3.8) is 0 Å². The lowest BCUT2D eigenvalue weighted by Gasteiger charge is -2.28. The van der Waals surface area contributed by atoms with Gasteiger partial charge in [0.05, 0.1) is 25.2 Å². The van der Waals surface area contributed by atoms with Gasteiger partial charge in [0.25, 0.3) is 5.91 Å². The van der Waals surface area contributed by atoms with Crippen LogP contribution in [0.15, 0.2) is 61.4 Å². The minimum atomic E-state index is -0.0844. The molecule has 154 valence electrons. The zero-order chi connectivity index (χ0) is 20.9. The first kappa shape index (κ1) is 19.8. The number of aliphatic hydroxyl groups is 1. The molecule has 4 rings (SSSR count). The fraction of sp³-hybridized carbons (Fsp3) is 0.261. The molecular formula is C23H24N4O3. The molecule has 7 nitrogen and oxygen atoms in total. The van der Waals surface area contributed by atoms with Gasteiger partial charge in [-0.05, 0) is 24.6 Å². The topological polar surface area (TPSA) is 78.8 Å². The van der Waals surface area contributed by atoms with E-state index in [1.54, 1.807) is 23.1 Å². The van der Waals surface area contributed by atoms with Crippen LogP contribution < -0.4 is 9.80 Å². The first-order valence-corrected chi connectivity index (χ1v) is 9.97. The second kappa shape index (κ2) is 8.92. The molecule has 2 aromatic rings. The number of nitrogens with zero attached hydrogens (tertiary/aromatic N) is 4. The number of amides is 1. The molecule has 0 spiro atoms. The molecule has 1 saturated heterocycles. The van der Waals surface area contributed by atoms with E-state index in [-0.39, 0.29) is 5.91 Å². The monoisotopic (exact) mass is 404 g/mol. The molecule has 2 aliphatic heterocycles. The van der Waals surface area contributed by atoms with Crippen LogP contribution in [-0.2, 0) is 11.2 Å². The summed E-state index contributed by atoms with van der Waals surface area (Å²) in [5.41, 5.74) is 2.93. The maximum absolute atomic E-state index is 13.2. The molecule has 0 bridgehead atoms. The third-order valence-electron chi connectivity index (χ3n) is 5.20. The lowest BCUT2D eigenvalue weighted by Crippen LogP contribution is -2.38. The lowest BCUT2D eigenvalue weighted by atomic mass is 10.1. The molecule has 0 aliphatic carbocycles. The van der Waals surface area contributed by atoms with Crippen molar-refractivity contribution in [1.82, 2.24) is 9.97 Å². The number of benzene rings is 1. The Balaban J connectivity index is 1.82. The first-order chi connectivity index (χ1) is 14.7. The minimum Gasteiger partial charge on any atom is -0.516 e. The maximum atomic E-state index is 13.2. The van der Waals surface area contributed by atoms with E-state index in [9.17, 15) is 9.90 Å². The standard InChI is InChI=1S/C23H24N4O3/c1-2-6-17(10-14-28)20-19-9-11-27(22(29)18-7-4-3-5-8-18)21(19)25-23(24-20)26-12-15-30-16-13-26/h2-8,10,14,28H,1,9,11-13,15-16H2/b14-10+,17-6+. The number of carbonyl (C=O) groups is 1. The molecule has 1 N–H and O–H groups in total. The summed E-state index contributed by atoms with van der Waals surface area (Å²) in [5, 5.41) is 9.39. The van der Waals surface area contributed by atoms with E-state index in [2.05, 4.69) is 11.5 Å². The number of allylic oxidation sites excluding steroid dienone is 4. The number of rotatable bonds is 5. The average molecular weight is 404 g/mol. The summed E-state index contributed by atoms with van der Waals surface area (Å²) in [4.78, 5) is 26.6. The van der Waals surface area contributed by atoms with Crippen molar-refractivity contribution >= 4 is 23.2 Å². The highest BCUT2D eigenvalue weighted by atomic mass is 16.5. The van der Waals surface area contributed by atoms with E-state index in [0.717, 1.165) is 17.4 Å². The Labute approximate surface area is 175 Å². The predicted octanol–water partition coefficient (Wildman–Crippen LogP) is 3.16. The van der Waals surface area contributed by atoms with E-state index in [4.69, 9.17) is 14.7 Å². The molecule has 1 aromatic heterocycles. The molecule has 1 fully saturated rings. The van der Waals surface area contributed by atoms with Gasteiger partial charge in [-0.15, -0.1) is 0 Å². The van der Waals surface area contributed by atoms with Crippen LogP contribution in [0.4, 0.5) is 11.8 Å². The molecule has 0 radical (unpaired) electrons. The molecular weight excluding hydrogens is 380 g/mol. The number of hydrogen-bond donors (Lipinski definition) is 1. The highest BCUT2D eigenvalue weighted by molar-refractivity contribution is 6.07. The third-order valence-corrected chi connectivity index (χ3v) is 5.20. The number of hydrogen-bond acceptors (Lipinski definition) is 6. The van der Waals surface area contributed by atoms with Gasteiger partial charge in [-0.3, -0.25) is 9.69 Å². The third kappa shape index (κ3) is 3.84. The zero-order valence-electron chi connectivity index (χ0n) is 16.7. The number of fused-ring (bicyclic) bond motifs is 1. The Bertz CT molecular complexity index is 995. The number of carbonyl (C=O) groups excluding carboxylic acids is 1. The van der Waals surface area contributed by atoms with Gasteiger partial charge in [-0.25, -0.2) is 4.98 Å². The van der Waals surface area contributed by atoms with Crippen LogP contribution in [0.3, 0.4) is 0 Å². The smallest absolute Gasteiger partial charge is 0.259 e. The lowest BCUT2D eigenvalue weighted by molar-refractivity contribution is 0.0988. The van der Waals surface area contributed by atoms with Crippen LogP contribution in [-0.4, -0.2) is 53.8 Å². The van der Waals surface area contributed by atoms with Gasteiger partial charge in [0.1, 0.15) is 5.82 Å². The second-order valence-corrected chi connectivity index (χ2v) is 7.02. The Morgan fingerprint density at radius 2 is 1.90 bits per heavy atom. The SMILES string of the molecule is C=C/C=C(\C=C\O)c1nc(N2CCOCC2)nc2c1CCN2C(=O)c1ccccc1. The Morgan fingerprint density at radius 3 is 2.60 bits per heavy atom. The van der Waals surface area contributed by atoms with Crippen LogP contribution in [0.2, 0.25) is 0 Å². The largest absolute Gasteiger partial charge is 0.516 e. The summed E-state index contributed by atoms with van der Waals surface area (Å²) in [7, 11) is 0. The fourth-order valence-corrected chi connectivity index (χ4v) is 3.74. The van der Waals surface area contributed by atoms with Gasteiger partial charge >= 0.3 is 0 Å². The molecule has 2 aliphatic rings. The van der Waals surface area contributed by atoms with Crippen molar-refractivity contribution in [2.75, 3.05) is 42.6 Å². The molecule has 0 atom stereocenters. The van der Waals surface area contributed by atoms with Crippen LogP contribution in [0, 0.1) is 0 Å². The fourth-order valence-electron chi connectivity index (χ4n) is 3.74. The van der Waals surface area contributed by atoms with E-state index in [0.29, 0.717) is 62.3 Å². The van der Waals surface area contributed by atoms with Gasteiger partial charge in [0.15, 0.2) is 0 Å². The number of ether oxygens (including phenoxy) is 1. The number of aromatic nitrogens is 2. The highest BCUT2D eigenvalue weighted by Gasteiger charge is 2.32. The van der Waals surface area contributed by atoms with Crippen molar-refractivity contribution < 1.29 is 14.6 Å². The summed E-state index contributed by atoms with van der Waals surface area (Å²) in [6, 6.07) is 9.21. The predicted molar refractivity (Wildman–Crippen MR) is 117 cm³/mol. The van der Waals surface area contributed by atoms with E-state index in [1.165, 1.54) is 0 Å². The highest BCUT2D eigenvalue weighted by Crippen LogP contribution is 2.35. The molecule has 30 heavy (non-hydrogen) atoms. The molecule has 3 heterocycles. The summed E-state index contributed by atoms with van der Waals surface area (Å²) >= 11 is 0. The van der Waals surface area contributed by atoms with Crippen molar-refractivity contribution in [3.05, 3.63) is 78.2 Å². The Kier molecular flexibility index (Phi) is 5.90. The van der Waals surface area contributed by atoms with Gasteiger partial charge < -0.3 is 14.7 Å². The maximum Gasteiger partial charge on any atom is 0.259 e. The Hall–Kier alpha value is -3.45. The quantitative estimate of drug-likeness (QED) is 0.609. The van der Waals surface area contributed by atoms with Crippen molar-refractivity contribution in [2.24, 2.45) is 0 Å². The Morgan fingerprint density at radius 1 is 1.13 bits per heavy atom. The van der Waals surface area contributed by atoms with Gasteiger partial charge in [0, 0.05) is 36.3 Å². The molecule has 0 saturated carbocycles. The molecule has 0 unspecified atom stereocenters.